The highest BCUT2D eigenvalue weighted by atomic mass is 79.9. The summed E-state index contributed by atoms with van der Waals surface area (Å²) in [5.74, 6) is 1.04. The van der Waals surface area contributed by atoms with Crippen molar-refractivity contribution in [1.29, 1.82) is 0 Å². The first-order valence-electron chi connectivity index (χ1n) is 6.18. The van der Waals surface area contributed by atoms with Crippen LogP contribution in [0.15, 0.2) is 41.1 Å². The van der Waals surface area contributed by atoms with E-state index in [1.807, 2.05) is 25.5 Å². The first kappa shape index (κ1) is 13.3. The molecule has 1 aromatic carbocycles. The molecule has 4 heteroatoms. The molecule has 0 saturated heterocycles. The lowest BCUT2D eigenvalue weighted by Gasteiger charge is -2.19. The van der Waals surface area contributed by atoms with E-state index in [-0.39, 0.29) is 6.04 Å². The number of nitrogens with zero attached hydrogens (tertiary/aromatic N) is 2. The summed E-state index contributed by atoms with van der Waals surface area (Å²) in [6, 6.07) is 8.51. The molecule has 1 unspecified atom stereocenters. The molecule has 0 saturated carbocycles. The molecule has 18 heavy (non-hydrogen) atoms. The van der Waals surface area contributed by atoms with Gasteiger partial charge < -0.3 is 9.88 Å². The van der Waals surface area contributed by atoms with E-state index in [0.29, 0.717) is 0 Å². The summed E-state index contributed by atoms with van der Waals surface area (Å²) in [5, 5.41) is 3.55. The van der Waals surface area contributed by atoms with Crippen molar-refractivity contribution in [1.82, 2.24) is 14.9 Å². The molecule has 0 aliphatic carbocycles. The predicted octanol–water partition coefficient (Wildman–Crippen LogP) is 3.27. The first-order chi connectivity index (χ1) is 8.72. The van der Waals surface area contributed by atoms with Crippen LogP contribution in [0.1, 0.15) is 30.8 Å². The van der Waals surface area contributed by atoms with Crippen molar-refractivity contribution >= 4 is 15.9 Å². The molecule has 0 aliphatic heterocycles. The Bertz CT molecular complexity index is 507. The molecule has 2 aromatic rings. The maximum Gasteiger partial charge on any atom is 0.130 e. The standard InChI is InChI=1S/C14H18BrN3/c1-3-7-16-13(14-17-8-9-18(14)2)11-5-4-6-12(15)10-11/h4-6,8-10,13,16H,3,7H2,1-2H3. The normalized spacial score (nSPS) is 12.6. The second-order valence-corrected chi connectivity index (χ2v) is 5.25. The molecular formula is C14H18BrN3. The van der Waals surface area contributed by atoms with Crippen LogP contribution in [0.3, 0.4) is 0 Å². The lowest BCUT2D eigenvalue weighted by molar-refractivity contribution is 0.555. The van der Waals surface area contributed by atoms with Gasteiger partial charge in [-0.3, -0.25) is 0 Å². The molecule has 0 amide bonds. The molecule has 2 rings (SSSR count). The Morgan fingerprint density at radius 3 is 2.89 bits per heavy atom. The minimum absolute atomic E-state index is 0.141. The lowest BCUT2D eigenvalue weighted by Crippen LogP contribution is -2.25. The summed E-state index contributed by atoms with van der Waals surface area (Å²) in [4.78, 5) is 4.46. The predicted molar refractivity (Wildman–Crippen MR) is 77.5 cm³/mol. The highest BCUT2D eigenvalue weighted by molar-refractivity contribution is 9.10. The summed E-state index contributed by atoms with van der Waals surface area (Å²) in [5.41, 5.74) is 1.23. The molecule has 1 N–H and O–H groups in total. The molecule has 0 bridgehead atoms. The fourth-order valence-corrected chi connectivity index (χ4v) is 2.41. The second kappa shape index (κ2) is 6.16. The van der Waals surface area contributed by atoms with E-state index in [9.17, 15) is 0 Å². The highest BCUT2D eigenvalue weighted by Gasteiger charge is 2.17. The van der Waals surface area contributed by atoms with Crippen molar-refractivity contribution in [2.45, 2.75) is 19.4 Å². The average molecular weight is 308 g/mol. The SMILES string of the molecule is CCCNC(c1cccc(Br)c1)c1nccn1C. The Hall–Kier alpha value is -1.13. The average Bonchev–Trinajstić information content (AvgIpc) is 2.77. The number of benzene rings is 1. The van der Waals surface area contributed by atoms with Crippen LogP contribution in [0.5, 0.6) is 0 Å². The molecule has 0 aliphatic rings. The third kappa shape index (κ3) is 3.00. The molecule has 1 atom stereocenters. The molecule has 0 spiro atoms. The zero-order valence-corrected chi connectivity index (χ0v) is 12.3. The van der Waals surface area contributed by atoms with Gasteiger partial charge in [-0.25, -0.2) is 4.98 Å². The Morgan fingerprint density at radius 2 is 2.28 bits per heavy atom. The fraction of sp³-hybridized carbons (Fsp3) is 0.357. The molecule has 96 valence electrons. The Kier molecular flexibility index (Phi) is 4.55. The van der Waals surface area contributed by atoms with Gasteiger partial charge in [0.25, 0.3) is 0 Å². The van der Waals surface area contributed by atoms with Gasteiger partial charge in [0.2, 0.25) is 0 Å². The molecule has 1 aromatic heterocycles. The summed E-state index contributed by atoms with van der Waals surface area (Å²) < 4.78 is 3.16. The molecular weight excluding hydrogens is 290 g/mol. The minimum atomic E-state index is 0.141. The van der Waals surface area contributed by atoms with E-state index >= 15 is 0 Å². The zero-order chi connectivity index (χ0) is 13.0. The van der Waals surface area contributed by atoms with Crippen LogP contribution in [0.4, 0.5) is 0 Å². The fourth-order valence-electron chi connectivity index (χ4n) is 1.99. The van der Waals surface area contributed by atoms with E-state index in [4.69, 9.17) is 0 Å². The molecule has 1 heterocycles. The summed E-state index contributed by atoms with van der Waals surface area (Å²) >= 11 is 3.53. The maximum atomic E-state index is 4.46. The Labute approximate surface area is 116 Å². The largest absolute Gasteiger partial charge is 0.336 e. The number of hydrogen-bond donors (Lipinski definition) is 1. The van der Waals surface area contributed by atoms with Crippen LogP contribution in [0, 0.1) is 0 Å². The monoisotopic (exact) mass is 307 g/mol. The molecule has 0 radical (unpaired) electrons. The van der Waals surface area contributed by atoms with Crippen LogP contribution in [-0.2, 0) is 7.05 Å². The first-order valence-corrected chi connectivity index (χ1v) is 6.97. The van der Waals surface area contributed by atoms with Crippen molar-refractivity contribution in [2.75, 3.05) is 6.54 Å². The summed E-state index contributed by atoms with van der Waals surface area (Å²) in [6.45, 7) is 3.15. The van der Waals surface area contributed by atoms with E-state index < -0.39 is 0 Å². The topological polar surface area (TPSA) is 29.9 Å². The summed E-state index contributed by atoms with van der Waals surface area (Å²) in [7, 11) is 2.03. The number of hydrogen-bond acceptors (Lipinski definition) is 2. The third-order valence-electron chi connectivity index (χ3n) is 2.90. The van der Waals surface area contributed by atoms with Crippen molar-refractivity contribution in [2.24, 2.45) is 7.05 Å². The van der Waals surface area contributed by atoms with Gasteiger partial charge in [-0.2, -0.15) is 0 Å². The third-order valence-corrected chi connectivity index (χ3v) is 3.39. The number of imidazole rings is 1. The van der Waals surface area contributed by atoms with Crippen LogP contribution < -0.4 is 5.32 Å². The Balaban J connectivity index is 2.33. The Morgan fingerprint density at radius 1 is 1.44 bits per heavy atom. The van der Waals surface area contributed by atoms with Crippen molar-refractivity contribution in [3.05, 3.63) is 52.5 Å². The number of aryl methyl sites for hydroxylation is 1. The zero-order valence-electron chi connectivity index (χ0n) is 10.7. The van der Waals surface area contributed by atoms with Crippen LogP contribution in [0.2, 0.25) is 0 Å². The van der Waals surface area contributed by atoms with Crippen LogP contribution >= 0.6 is 15.9 Å². The van der Waals surface area contributed by atoms with E-state index in [0.717, 1.165) is 23.3 Å². The molecule has 3 nitrogen and oxygen atoms in total. The summed E-state index contributed by atoms with van der Waals surface area (Å²) in [6.07, 6.45) is 4.93. The van der Waals surface area contributed by atoms with Crippen LogP contribution in [-0.4, -0.2) is 16.1 Å². The minimum Gasteiger partial charge on any atom is -0.336 e. The molecule has 0 fully saturated rings. The number of nitrogens with one attached hydrogen (secondary N) is 1. The van der Waals surface area contributed by atoms with E-state index in [1.54, 1.807) is 0 Å². The lowest BCUT2D eigenvalue weighted by atomic mass is 10.1. The number of halogens is 1. The van der Waals surface area contributed by atoms with Crippen molar-refractivity contribution in [3.8, 4) is 0 Å². The quantitative estimate of drug-likeness (QED) is 0.919. The van der Waals surface area contributed by atoms with Gasteiger partial charge in [-0.1, -0.05) is 35.0 Å². The van der Waals surface area contributed by atoms with Gasteiger partial charge in [-0.15, -0.1) is 0 Å². The second-order valence-electron chi connectivity index (χ2n) is 4.34. The van der Waals surface area contributed by atoms with Gasteiger partial charge in [-0.05, 0) is 30.7 Å². The van der Waals surface area contributed by atoms with E-state index in [2.05, 4.69) is 55.9 Å². The smallest absolute Gasteiger partial charge is 0.130 e. The van der Waals surface area contributed by atoms with Gasteiger partial charge in [0.15, 0.2) is 0 Å². The highest BCUT2D eigenvalue weighted by Crippen LogP contribution is 2.23. The van der Waals surface area contributed by atoms with Gasteiger partial charge in [0.1, 0.15) is 5.82 Å². The van der Waals surface area contributed by atoms with Crippen molar-refractivity contribution < 1.29 is 0 Å². The maximum absolute atomic E-state index is 4.46. The van der Waals surface area contributed by atoms with Gasteiger partial charge in [0.05, 0.1) is 6.04 Å². The van der Waals surface area contributed by atoms with E-state index in [1.165, 1.54) is 5.56 Å². The number of rotatable bonds is 5. The van der Waals surface area contributed by atoms with Gasteiger partial charge >= 0.3 is 0 Å². The van der Waals surface area contributed by atoms with Crippen molar-refractivity contribution in [3.63, 3.8) is 0 Å². The van der Waals surface area contributed by atoms with Crippen LogP contribution in [0.25, 0.3) is 0 Å². The van der Waals surface area contributed by atoms with Gasteiger partial charge in [0, 0.05) is 23.9 Å². The number of aromatic nitrogens is 2.